The minimum absolute atomic E-state index is 2.59. The van der Waals surface area contributed by atoms with Gasteiger partial charge in [0.2, 0.25) is 0 Å². The molecule has 0 aliphatic heterocycles. The number of rotatable bonds is 3. The Hall–Kier alpha value is -1.32. The van der Waals surface area contributed by atoms with Gasteiger partial charge in [-0.3, -0.25) is 9.59 Å². The summed E-state index contributed by atoms with van der Waals surface area (Å²) in [4.78, 5) is 19.9. The second-order valence-electron chi connectivity index (χ2n) is 2.05. The van der Waals surface area contributed by atoms with Crippen LogP contribution in [0.4, 0.5) is 13.2 Å². The minimum atomic E-state index is -6.24. The smallest absolute Gasteiger partial charge is 0.480 e. The minimum Gasteiger partial charge on any atom is -0.480 e. The molecule has 0 saturated heterocycles. The lowest BCUT2D eigenvalue weighted by molar-refractivity contribution is -0.147. The first-order valence-electron chi connectivity index (χ1n) is 2.77. The Balaban J connectivity index is 5.47. The van der Waals surface area contributed by atoms with Gasteiger partial charge in [-0.2, -0.15) is 13.2 Å². The van der Waals surface area contributed by atoms with Crippen LogP contribution in [0, 0.1) is 0 Å². The van der Waals surface area contributed by atoms with Crippen LogP contribution in [0.15, 0.2) is 0 Å². The number of carboxylic acids is 2. The lowest BCUT2D eigenvalue weighted by Gasteiger charge is -2.11. The first-order chi connectivity index (χ1) is 6.01. The molecule has 0 rings (SSSR count). The van der Waals surface area contributed by atoms with Gasteiger partial charge in [0, 0.05) is 0 Å². The third-order valence-corrected chi connectivity index (χ3v) is 2.75. The largest absolute Gasteiger partial charge is 0.498 e. The van der Waals surface area contributed by atoms with Crippen molar-refractivity contribution in [2.24, 2.45) is 0 Å². The number of hydrogen-bond acceptors (Lipinski definition) is 4. The molecule has 0 unspecified atom stereocenters. The molecule has 0 spiro atoms. The van der Waals surface area contributed by atoms with E-state index in [0.29, 0.717) is 0 Å². The fraction of sp³-hybridized carbons (Fsp3) is 0.500. The maximum Gasteiger partial charge on any atom is 0.498 e. The number of halogens is 3. The molecule has 0 saturated carbocycles. The summed E-state index contributed by atoms with van der Waals surface area (Å²) in [5.41, 5.74) is -5.91. The molecule has 0 bridgehead atoms. The Kier molecular flexibility index (Phi) is 3.12. The van der Waals surface area contributed by atoms with Crippen LogP contribution in [-0.4, -0.2) is 41.3 Å². The number of hydrogen-bond donors (Lipinski definition) is 2. The maximum atomic E-state index is 11.7. The SMILES string of the molecule is O=C(O)C(C(=O)O)S(=O)(=O)C(F)(F)F. The lowest BCUT2D eigenvalue weighted by atomic mass is 10.4. The molecule has 0 aromatic carbocycles. The first-order valence-corrected chi connectivity index (χ1v) is 4.32. The zero-order chi connectivity index (χ0) is 11.7. The maximum absolute atomic E-state index is 11.7. The molecule has 14 heavy (non-hydrogen) atoms. The molecular weight excluding hydrogens is 233 g/mol. The molecule has 0 aromatic rings. The summed E-state index contributed by atoms with van der Waals surface area (Å²) in [6.45, 7) is 0. The van der Waals surface area contributed by atoms with Crippen LogP contribution in [0.1, 0.15) is 0 Å². The van der Waals surface area contributed by atoms with Crippen LogP contribution in [0.3, 0.4) is 0 Å². The predicted octanol–water partition coefficient (Wildman–Crippen LogP) is -0.541. The Morgan fingerprint density at radius 3 is 1.43 bits per heavy atom. The van der Waals surface area contributed by atoms with Crippen LogP contribution in [0.25, 0.3) is 0 Å². The molecule has 0 aliphatic carbocycles. The number of alkyl halides is 3. The van der Waals surface area contributed by atoms with Crippen molar-refractivity contribution in [3.63, 3.8) is 0 Å². The van der Waals surface area contributed by atoms with Crippen LogP contribution in [-0.2, 0) is 19.4 Å². The Bertz CT molecular complexity index is 340. The zero-order valence-electron chi connectivity index (χ0n) is 6.15. The van der Waals surface area contributed by atoms with Gasteiger partial charge in [-0.05, 0) is 0 Å². The third-order valence-electron chi connectivity index (χ3n) is 1.08. The number of aliphatic carboxylic acids is 2. The highest BCUT2D eigenvalue weighted by Crippen LogP contribution is 2.27. The molecule has 0 aliphatic rings. The van der Waals surface area contributed by atoms with Gasteiger partial charge in [0.15, 0.2) is 0 Å². The van der Waals surface area contributed by atoms with E-state index in [1.54, 1.807) is 0 Å². The standard InChI is InChI=1S/C4H3F3O6S/c5-4(6,7)14(12,13)1(2(8)9)3(10)11/h1H,(H,8,9)(H,10,11). The van der Waals surface area contributed by atoms with Crippen LogP contribution in [0.5, 0.6) is 0 Å². The fourth-order valence-corrected chi connectivity index (χ4v) is 1.30. The summed E-state index contributed by atoms with van der Waals surface area (Å²) in [6, 6.07) is 0. The van der Waals surface area contributed by atoms with E-state index in [2.05, 4.69) is 0 Å². The average molecular weight is 236 g/mol. The first kappa shape index (κ1) is 12.7. The number of carbonyl (C=O) groups is 2. The van der Waals surface area contributed by atoms with Crippen molar-refractivity contribution in [2.75, 3.05) is 0 Å². The number of carboxylic acid groups (broad SMARTS) is 2. The van der Waals surface area contributed by atoms with E-state index in [-0.39, 0.29) is 0 Å². The van der Waals surface area contributed by atoms with Gasteiger partial charge in [0.25, 0.3) is 15.1 Å². The normalized spacial score (nSPS) is 12.9. The molecule has 0 heterocycles. The summed E-state index contributed by atoms with van der Waals surface area (Å²) >= 11 is 0. The van der Waals surface area contributed by atoms with E-state index in [9.17, 15) is 31.2 Å². The lowest BCUT2D eigenvalue weighted by Crippen LogP contribution is -2.44. The molecule has 0 atom stereocenters. The van der Waals surface area contributed by atoms with Gasteiger partial charge in [0.05, 0.1) is 0 Å². The van der Waals surface area contributed by atoms with Crippen molar-refractivity contribution in [2.45, 2.75) is 10.8 Å². The van der Waals surface area contributed by atoms with E-state index in [0.717, 1.165) is 0 Å². The molecule has 2 N–H and O–H groups in total. The monoisotopic (exact) mass is 236 g/mol. The molecule has 0 aromatic heterocycles. The van der Waals surface area contributed by atoms with Gasteiger partial charge in [-0.1, -0.05) is 0 Å². The summed E-state index contributed by atoms with van der Waals surface area (Å²) in [7, 11) is -6.24. The third kappa shape index (κ3) is 2.13. The predicted molar refractivity (Wildman–Crippen MR) is 34.0 cm³/mol. The highest BCUT2D eigenvalue weighted by Gasteiger charge is 2.57. The number of sulfone groups is 1. The highest BCUT2D eigenvalue weighted by molar-refractivity contribution is 7.94. The average Bonchev–Trinajstić information content (AvgIpc) is 1.79. The van der Waals surface area contributed by atoms with Gasteiger partial charge in [0.1, 0.15) is 0 Å². The van der Waals surface area contributed by atoms with Crippen molar-refractivity contribution in [1.29, 1.82) is 0 Å². The summed E-state index contributed by atoms with van der Waals surface area (Å²) < 4.78 is 55.8. The van der Waals surface area contributed by atoms with E-state index in [1.165, 1.54) is 0 Å². The van der Waals surface area contributed by atoms with Crippen molar-refractivity contribution in [3.05, 3.63) is 0 Å². The zero-order valence-corrected chi connectivity index (χ0v) is 6.96. The molecule has 0 fully saturated rings. The van der Waals surface area contributed by atoms with Crippen molar-refractivity contribution in [1.82, 2.24) is 0 Å². The van der Waals surface area contributed by atoms with Gasteiger partial charge in [-0.25, -0.2) is 8.42 Å². The van der Waals surface area contributed by atoms with Crippen molar-refractivity contribution >= 4 is 21.8 Å². The topological polar surface area (TPSA) is 109 Å². The molecular formula is C4H3F3O6S. The summed E-state index contributed by atoms with van der Waals surface area (Å²) in [5, 5.41) is 12.4. The Morgan fingerprint density at radius 2 is 1.36 bits per heavy atom. The second-order valence-corrected chi connectivity index (χ2v) is 4.07. The quantitative estimate of drug-likeness (QED) is 0.637. The van der Waals surface area contributed by atoms with Crippen LogP contribution >= 0.6 is 0 Å². The van der Waals surface area contributed by atoms with Crippen molar-refractivity contribution < 1.29 is 41.4 Å². The Morgan fingerprint density at radius 1 is 1.07 bits per heavy atom. The van der Waals surface area contributed by atoms with Gasteiger partial charge >= 0.3 is 17.4 Å². The fourth-order valence-electron chi connectivity index (χ4n) is 0.505. The van der Waals surface area contributed by atoms with E-state index in [4.69, 9.17) is 10.2 Å². The van der Waals surface area contributed by atoms with Crippen molar-refractivity contribution in [3.8, 4) is 0 Å². The second kappa shape index (κ2) is 3.44. The van der Waals surface area contributed by atoms with Gasteiger partial charge in [-0.15, -0.1) is 0 Å². The van der Waals surface area contributed by atoms with E-state index >= 15 is 0 Å². The molecule has 82 valence electrons. The molecule has 10 heteroatoms. The molecule has 0 amide bonds. The molecule has 0 radical (unpaired) electrons. The summed E-state index contributed by atoms with van der Waals surface area (Å²) in [6.07, 6.45) is 0. The molecule has 6 nitrogen and oxygen atoms in total. The van der Waals surface area contributed by atoms with E-state index < -0.39 is 32.5 Å². The Labute approximate surface area is 74.9 Å². The van der Waals surface area contributed by atoms with Crippen LogP contribution in [0.2, 0.25) is 0 Å². The van der Waals surface area contributed by atoms with Gasteiger partial charge < -0.3 is 10.2 Å². The highest BCUT2D eigenvalue weighted by atomic mass is 32.2. The van der Waals surface area contributed by atoms with Crippen LogP contribution < -0.4 is 0 Å². The van der Waals surface area contributed by atoms with E-state index in [1.807, 2.05) is 0 Å². The summed E-state index contributed by atoms with van der Waals surface area (Å²) in [5.74, 6) is -5.18.